The van der Waals surface area contributed by atoms with Crippen LogP contribution in [0, 0.1) is 0 Å². The number of esters is 1. The molecule has 0 aliphatic heterocycles. The zero-order valence-electron chi connectivity index (χ0n) is 20.6. The van der Waals surface area contributed by atoms with Gasteiger partial charge in [0.15, 0.2) is 5.65 Å². The third kappa shape index (κ3) is 7.65. The van der Waals surface area contributed by atoms with Crippen molar-refractivity contribution in [2.75, 3.05) is 24.4 Å². The highest BCUT2D eigenvalue weighted by atomic mass is 127. The average molecular weight is 624 g/mol. The fourth-order valence-electron chi connectivity index (χ4n) is 4.36. The molecule has 2 aromatic heterocycles. The maximum absolute atomic E-state index is 11.1. The summed E-state index contributed by atoms with van der Waals surface area (Å²) in [7, 11) is 1.43. The molecule has 1 fully saturated rings. The molecule has 4 rings (SSSR count). The molecule has 36 heavy (non-hydrogen) atoms. The Bertz CT molecular complexity index is 1120. The van der Waals surface area contributed by atoms with Gasteiger partial charge in [0, 0.05) is 18.2 Å². The van der Waals surface area contributed by atoms with Crippen LogP contribution in [-0.4, -0.2) is 45.2 Å². The van der Waals surface area contributed by atoms with Crippen molar-refractivity contribution in [3.63, 3.8) is 0 Å². The van der Waals surface area contributed by atoms with Gasteiger partial charge in [0.2, 0.25) is 5.95 Å². The number of rotatable bonds is 13. The fraction of sp³-hybridized carbons (Fsp3) is 0.520. The first-order chi connectivity index (χ1) is 17.7. The van der Waals surface area contributed by atoms with Crippen LogP contribution in [0.15, 0.2) is 30.5 Å². The van der Waals surface area contributed by atoms with Gasteiger partial charge in [-0.2, -0.15) is 15.1 Å². The summed E-state index contributed by atoms with van der Waals surface area (Å²) in [5, 5.41) is 12.5. The number of unbranched alkanes of at least 4 members (excludes halogenated alkanes) is 3. The second kappa shape index (κ2) is 13.9. The molecular weight excluding hydrogens is 590 g/mol. The molecule has 1 atom stereocenters. The van der Waals surface area contributed by atoms with E-state index >= 15 is 0 Å². The minimum Gasteiger partial charge on any atom is -0.494 e. The van der Waals surface area contributed by atoms with Crippen LogP contribution in [0.2, 0.25) is 0 Å². The molecule has 1 aromatic carbocycles. The summed E-state index contributed by atoms with van der Waals surface area (Å²) in [4.78, 5) is 20.7. The number of carbonyl (C=O) groups excluding carboxylic acids is 1. The highest BCUT2D eigenvalue weighted by molar-refractivity contribution is 14.2. The number of nitrogens with one attached hydrogen (secondary N) is 2. The third-order valence-corrected chi connectivity index (χ3v) is 8.19. The minimum absolute atomic E-state index is 0.141. The van der Waals surface area contributed by atoms with Crippen LogP contribution in [0.5, 0.6) is 5.75 Å². The third-order valence-electron chi connectivity index (χ3n) is 6.34. The van der Waals surface area contributed by atoms with E-state index in [2.05, 4.69) is 42.5 Å². The summed E-state index contributed by atoms with van der Waals surface area (Å²) in [5.41, 5.74) is 1.74. The van der Waals surface area contributed by atoms with Crippen LogP contribution in [0.4, 0.5) is 17.5 Å². The summed E-state index contributed by atoms with van der Waals surface area (Å²) in [6.07, 6.45) is 12.8. The largest absolute Gasteiger partial charge is 0.494 e. The molecule has 9 nitrogen and oxygen atoms in total. The van der Waals surface area contributed by atoms with Crippen molar-refractivity contribution >= 4 is 62.9 Å². The van der Waals surface area contributed by atoms with Gasteiger partial charge >= 0.3 is 5.97 Å². The van der Waals surface area contributed by atoms with Gasteiger partial charge in [0.1, 0.15) is 11.6 Å². The number of hydrogen-bond donors (Lipinski definition) is 2. The van der Waals surface area contributed by atoms with Gasteiger partial charge in [-0.25, -0.2) is 4.45 Å². The van der Waals surface area contributed by atoms with E-state index in [9.17, 15) is 4.79 Å². The zero-order valence-corrected chi connectivity index (χ0v) is 23.8. The molecular formula is C25H34IN6O3P. The molecule has 0 saturated heterocycles. The Morgan fingerprint density at radius 3 is 2.64 bits per heavy atom. The number of methoxy groups -OCH3 is 1. The van der Waals surface area contributed by atoms with Crippen molar-refractivity contribution in [1.29, 1.82) is 0 Å². The number of fused-ring (bicyclic) bond motifs is 1. The van der Waals surface area contributed by atoms with E-state index in [4.69, 9.17) is 14.7 Å². The van der Waals surface area contributed by atoms with E-state index in [1.165, 1.54) is 39.2 Å². The lowest BCUT2D eigenvalue weighted by Crippen LogP contribution is -2.23. The molecule has 0 spiro atoms. The average Bonchev–Trinajstić information content (AvgIpc) is 3.33. The Labute approximate surface area is 226 Å². The molecule has 1 saturated carbocycles. The number of nitrogens with zero attached hydrogens (tertiary/aromatic N) is 4. The standard InChI is InChI=1S/C25H34IN6O3P/c1-34-22(33)11-7-2-3-8-16-35-20-14-12-19(13-15-20)29-25-30-23(28-18-9-5-4-6-10-18)21-17-27-32(36-26)24(21)31-25/h12-15,17-18,36H,2-11,16H2,1H3,(H2,28,29,30,31). The van der Waals surface area contributed by atoms with Gasteiger partial charge in [-0.3, -0.25) is 4.79 Å². The zero-order chi connectivity index (χ0) is 25.2. The number of benzene rings is 1. The molecule has 0 bridgehead atoms. The van der Waals surface area contributed by atoms with Crippen molar-refractivity contribution < 1.29 is 14.3 Å². The van der Waals surface area contributed by atoms with Crippen LogP contribution in [0.1, 0.15) is 64.2 Å². The van der Waals surface area contributed by atoms with Crippen LogP contribution in [-0.2, 0) is 9.53 Å². The SMILES string of the molecule is COC(=O)CCCCCCOc1ccc(Nc2nc(NC3CCCCC3)c3cnn(PI)c3n2)cc1. The first-order valence-electron chi connectivity index (χ1n) is 12.6. The van der Waals surface area contributed by atoms with Gasteiger partial charge in [0.25, 0.3) is 0 Å². The number of ether oxygens (including phenoxy) is 2. The number of aromatic nitrogens is 4. The van der Waals surface area contributed by atoms with Gasteiger partial charge in [0.05, 0.1) is 31.7 Å². The van der Waals surface area contributed by atoms with E-state index in [-0.39, 0.29) is 5.97 Å². The van der Waals surface area contributed by atoms with Crippen molar-refractivity contribution in [2.45, 2.75) is 70.3 Å². The van der Waals surface area contributed by atoms with E-state index in [0.29, 0.717) is 31.4 Å². The summed E-state index contributed by atoms with van der Waals surface area (Å²) < 4.78 is 12.4. The van der Waals surface area contributed by atoms with Crippen LogP contribution in [0.25, 0.3) is 11.0 Å². The lowest BCUT2D eigenvalue weighted by molar-refractivity contribution is -0.140. The Hall–Kier alpha value is -2.20. The van der Waals surface area contributed by atoms with Crippen molar-refractivity contribution in [3.8, 4) is 5.75 Å². The Morgan fingerprint density at radius 1 is 1.11 bits per heavy atom. The summed E-state index contributed by atoms with van der Waals surface area (Å²) >= 11 is 2.32. The van der Waals surface area contributed by atoms with Gasteiger partial charge < -0.3 is 20.1 Å². The van der Waals surface area contributed by atoms with Crippen LogP contribution in [0.3, 0.4) is 0 Å². The summed E-state index contributed by atoms with van der Waals surface area (Å²) in [5.74, 6) is 2.09. The smallest absolute Gasteiger partial charge is 0.305 e. The first-order valence-corrected chi connectivity index (χ1v) is 16.7. The van der Waals surface area contributed by atoms with Crippen molar-refractivity contribution in [3.05, 3.63) is 30.5 Å². The maximum Gasteiger partial charge on any atom is 0.305 e. The van der Waals surface area contributed by atoms with E-state index < -0.39 is 0 Å². The normalized spacial score (nSPS) is 14.4. The molecule has 1 unspecified atom stereocenters. The minimum atomic E-state index is -0.141. The number of anilines is 3. The van der Waals surface area contributed by atoms with Crippen molar-refractivity contribution in [2.24, 2.45) is 0 Å². The van der Waals surface area contributed by atoms with Gasteiger partial charge in [-0.15, -0.1) is 0 Å². The monoisotopic (exact) mass is 624 g/mol. The molecule has 1 aliphatic carbocycles. The lowest BCUT2D eigenvalue weighted by atomic mass is 9.95. The quantitative estimate of drug-likeness (QED) is 0.0949. The maximum atomic E-state index is 11.1. The van der Waals surface area contributed by atoms with E-state index in [1.807, 2.05) is 34.9 Å². The van der Waals surface area contributed by atoms with E-state index in [1.54, 1.807) is 0 Å². The van der Waals surface area contributed by atoms with Crippen LogP contribution >= 0.6 is 28.4 Å². The van der Waals surface area contributed by atoms with E-state index in [0.717, 1.165) is 54.0 Å². The molecule has 2 heterocycles. The Morgan fingerprint density at radius 2 is 1.89 bits per heavy atom. The number of halogens is 1. The summed E-state index contributed by atoms with van der Waals surface area (Å²) in [6.45, 7) is 0.655. The molecule has 11 heteroatoms. The molecule has 3 aromatic rings. The van der Waals surface area contributed by atoms with Gasteiger partial charge in [-0.1, -0.05) is 32.1 Å². The number of carbonyl (C=O) groups is 1. The second-order valence-corrected chi connectivity index (χ2v) is 11.0. The fourth-order valence-corrected chi connectivity index (χ4v) is 5.77. The topological polar surface area (TPSA) is 103 Å². The predicted octanol–water partition coefficient (Wildman–Crippen LogP) is 6.61. The lowest BCUT2D eigenvalue weighted by Gasteiger charge is -2.23. The first kappa shape index (κ1) is 26.9. The highest BCUT2D eigenvalue weighted by Gasteiger charge is 2.18. The molecule has 194 valence electrons. The second-order valence-electron chi connectivity index (χ2n) is 8.99. The molecule has 0 radical (unpaired) electrons. The molecule has 0 amide bonds. The van der Waals surface area contributed by atoms with Gasteiger partial charge in [-0.05, 0) is 72.0 Å². The van der Waals surface area contributed by atoms with Crippen LogP contribution < -0.4 is 15.4 Å². The highest BCUT2D eigenvalue weighted by Crippen LogP contribution is 2.32. The Balaban J connectivity index is 1.33. The molecule has 1 aliphatic rings. The van der Waals surface area contributed by atoms with Crippen molar-refractivity contribution in [1.82, 2.24) is 19.5 Å². The molecule has 2 N–H and O–H groups in total. The predicted molar refractivity (Wildman–Crippen MR) is 154 cm³/mol. The number of hydrogen-bond acceptors (Lipinski definition) is 8. The summed E-state index contributed by atoms with van der Waals surface area (Å²) in [6, 6.07) is 8.31. The Kier molecular flexibility index (Phi) is 10.4.